The predicted molar refractivity (Wildman–Crippen MR) is 208 cm³/mol. The molecule has 0 aliphatic carbocycles. The van der Waals surface area contributed by atoms with Crippen LogP contribution in [-0.2, 0) is 0 Å². The molecule has 0 aliphatic rings. The molecule has 0 radical (unpaired) electrons. The number of fused-ring (bicyclic) bond motifs is 4. The Kier molecular flexibility index (Phi) is 7.07. The Bertz CT molecular complexity index is 2540. The highest BCUT2D eigenvalue weighted by atomic mass is 32.1. The van der Waals surface area contributed by atoms with E-state index in [0.29, 0.717) is 0 Å². The van der Waals surface area contributed by atoms with Gasteiger partial charge in [-0.3, -0.25) is 0 Å². The van der Waals surface area contributed by atoms with Crippen LogP contribution < -0.4 is 4.90 Å². The molecular weight excluding hydrogens is 599 g/mol. The van der Waals surface area contributed by atoms with E-state index in [9.17, 15) is 0 Å². The number of hydrogen-bond acceptors (Lipinski definition) is 2. The van der Waals surface area contributed by atoms with Gasteiger partial charge in [-0.2, -0.15) is 0 Å². The Hall–Kier alpha value is -5.96. The summed E-state index contributed by atoms with van der Waals surface area (Å²) in [6.45, 7) is 0. The molecule has 226 valence electrons. The van der Waals surface area contributed by atoms with Crippen molar-refractivity contribution in [3.63, 3.8) is 0 Å². The molecule has 1 aromatic heterocycles. The number of nitrogens with zero attached hydrogens (tertiary/aromatic N) is 1. The summed E-state index contributed by atoms with van der Waals surface area (Å²) in [5.41, 5.74) is 10.7. The van der Waals surface area contributed by atoms with Crippen LogP contribution >= 0.6 is 11.3 Å². The first-order chi connectivity index (χ1) is 23.8. The maximum atomic E-state index is 2.37. The van der Waals surface area contributed by atoms with Crippen LogP contribution in [0.2, 0.25) is 0 Å². The van der Waals surface area contributed by atoms with Crippen molar-refractivity contribution in [3.8, 4) is 33.4 Å². The standard InChI is InChI=1S/C46H31NS/c1-2-13-37(14-3-1)47(44-19-8-6-16-41(44)36-27-30-43-42-17-7-9-20-45(42)48-46(43)31-36)38-28-25-33(26-29-38)32-21-23-35(24-22-32)40-18-10-12-34-11-4-5-15-39(34)40/h1-31H. The molecule has 0 saturated carbocycles. The van der Waals surface area contributed by atoms with Crippen LogP contribution in [-0.4, -0.2) is 0 Å². The Morgan fingerprint density at radius 1 is 0.333 bits per heavy atom. The first-order valence-electron chi connectivity index (χ1n) is 16.3. The number of anilines is 3. The van der Waals surface area contributed by atoms with Crippen molar-refractivity contribution >= 4 is 59.3 Å². The molecule has 8 aromatic carbocycles. The van der Waals surface area contributed by atoms with Crippen LogP contribution in [0.4, 0.5) is 17.1 Å². The smallest absolute Gasteiger partial charge is 0.0540 e. The highest BCUT2D eigenvalue weighted by Gasteiger charge is 2.18. The normalized spacial score (nSPS) is 11.3. The van der Waals surface area contributed by atoms with Gasteiger partial charge in [0.05, 0.1) is 5.69 Å². The van der Waals surface area contributed by atoms with E-state index >= 15 is 0 Å². The maximum absolute atomic E-state index is 2.37. The number of hydrogen-bond donors (Lipinski definition) is 0. The molecule has 0 spiro atoms. The van der Waals surface area contributed by atoms with E-state index in [0.717, 1.165) is 17.1 Å². The van der Waals surface area contributed by atoms with E-state index in [1.165, 1.54) is 64.3 Å². The Morgan fingerprint density at radius 2 is 0.896 bits per heavy atom. The van der Waals surface area contributed by atoms with Crippen LogP contribution in [0.15, 0.2) is 188 Å². The third-order valence-electron chi connectivity index (χ3n) is 9.29. The van der Waals surface area contributed by atoms with E-state index < -0.39 is 0 Å². The van der Waals surface area contributed by atoms with Crippen molar-refractivity contribution in [1.82, 2.24) is 0 Å². The summed E-state index contributed by atoms with van der Waals surface area (Å²) >= 11 is 1.86. The fourth-order valence-corrected chi connectivity index (χ4v) is 8.08. The molecule has 1 nitrogen and oxygen atoms in total. The van der Waals surface area contributed by atoms with Gasteiger partial charge >= 0.3 is 0 Å². The quantitative estimate of drug-likeness (QED) is 0.177. The average Bonchev–Trinajstić information content (AvgIpc) is 3.54. The fraction of sp³-hybridized carbons (Fsp3) is 0. The second kappa shape index (κ2) is 12.0. The van der Waals surface area contributed by atoms with Crippen molar-refractivity contribution in [2.45, 2.75) is 0 Å². The van der Waals surface area contributed by atoms with Gasteiger partial charge in [0.2, 0.25) is 0 Å². The Morgan fingerprint density at radius 3 is 1.73 bits per heavy atom. The summed E-state index contributed by atoms with van der Waals surface area (Å²) in [6, 6.07) is 68.1. The van der Waals surface area contributed by atoms with Crippen LogP contribution in [0.1, 0.15) is 0 Å². The summed E-state index contributed by atoms with van der Waals surface area (Å²) in [4.78, 5) is 2.37. The molecule has 0 unspecified atom stereocenters. The lowest BCUT2D eigenvalue weighted by molar-refractivity contribution is 1.28. The molecule has 48 heavy (non-hydrogen) atoms. The van der Waals surface area contributed by atoms with Crippen molar-refractivity contribution in [1.29, 1.82) is 0 Å². The number of rotatable bonds is 6. The van der Waals surface area contributed by atoms with E-state index in [-0.39, 0.29) is 0 Å². The van der Waals surface area contributed by atoms with E-state index in [4.69, 9.17) is 0 Å². The minimum atomic E-state index is 1.12. The SMILES string of the molecule is c1ccc(N(c2ccc(-c3ccc(-c4cccc5ccccc45)cc3)cc2)c2ccccc2-c2ccc3c(c2)sc2ccccc23)cc1. The highest BCUT2D eigenvalue weighted by Crippen LogP contribution is 2.43. The highest BCUT2D eigenvalue weighted by molar-refractivity contribution is 7.25. The number of benzene rings is 8. The summed E-state index contributed by atoms with van der Waals surface area (Å²) in [5, 5.41) is 5.19. The topological polar surface area (TPSA) is 3.24 Å². The zero-order valence-corrected chi connectivity index (χ0v) is 27.1. The summed E-state index contributed by atoms with van der Waals surface area (Å²) in [6.07, 6.45) is 0. The summed E-state index contributed by atoms with van der Waals surface area (Å²) in [7, 11) is 0. The summed E-state index contributed by atoms with van der Waals surface area (Å²) in [5.74, 6) is 0. The first kappa shape index (κ1) is 28.3. The molecule has 0 bridgehead atoms. The molecule has 0 N–H and O–H groups in total. The zero-order chi connectivity index (χ0) is 31.9. The Labute approximate surface area is 284 Å². The minimum Gasteiger partial charge on any atom is -0.310 e. The zero-order valence-electron chi connectivity index (χ0n) is 26.3. The largest absolute Gasteiger partial charge is 0.310 e. The molecule has 9 aromatic rings. The molecule has 0 aliphatic heterocycles. The maximum Gasteiger partial charge on any atom is 0.0540 e. The van der Waals surface area contributed by atoms with E-state index in [2.05, 4.69) is 193 Å². The van der Waals surface area contributed by atoms with Gasteiger partial charge < -0.3 is 4.90 Å². The van der Waals surface area contributed by atoms with Crippen molar-refractivity contribution in [2.75, 3.05) is 4.90 Å². The molecule has 2 heteroatoms. The van der Waals surface area contributed by atoms with Crippen LogP contribution in [0.5, 0.6) is 0 Å². The molecule has 9 rings (SSSR count). The van der Waals surface area contributed by atoms with Gasteiger partial charge in [-0.25, -0.2) is 0 Å². The third-order valence-corrected chi connectivity index (χ3v) is 10.4. The molecular formula is C46H31NS. The Balaban J connectivity index is 1.09. The van der Waals surface area contributed by atoms with Crippen LogP contribution in [0.25, 0.3) is 64.3 Å². The number of para-hydroxylation sites is 2. The lowest BCUT2D eigenvalue weighted by Crippen LogP contribution is -2.11. The second-order valence-corrected chi connectivity index (χ2v) is 13.2. The van der Waals surface area contributed by atoms with Gasteiger partial charge in [-0.05, 0) is 81.1 Å². The monoisotopic (exact) mass is 629 g/mol. The lowest BCUT2D eigenvalue weighted by atomic mass is 9.96. The van der Waals surface area contributed by atoms with Crippen LogP contribution in [0, 0.1) is 0 Å². The average molecular weight is 630 g/mol. The van der Waals surface area contributed by atoms with Gasteiger partial charge in [0, 0.05) is 37.1 Å². The molecule has 0 saturated heterocycles. The van der Waals surface area contributed by atoms with Crippen molar-refractivity contribution < 1.29 is 0 Å². The van der Waals surface area contributed by atoms with Gasteiger partial charge in [0.15, 0.2) is 0 Å². The predicted octanol–water partition coefficient (Wildman–Crippen LogP) is 13.7. The number of thiophene rings is 1. The third kappa shape index (κ3) is 5.04. The van der Waals surface area contributed by atoms with Crippen molar-refractivity contribution in [2.24, 2.45) is 0 Å². The van der Waals surface area contributed by atoms with E-state index in [1.54, 1.807) is 0 Å². The van der Waals surface area contributed by atoms with Gasteiger partial charge in [-0.15, -0.1) is 11.3 Å². The molecule has 1 heterocycles. The molecule has 0 amide bonds. The second-order valence-electron chi connectivity index (χ2n) is 12.1. The molecule has 0 atom stereocenters. The van der Waals surface area contributed by atoms with Crippen LogP contribution in [0.3, 0.4) is 0 Å². The molecule has 0 fully saturated rings. The van der Waals surface area contributed by atoms with Gasteiger partial charge in [-0.1, -0.05) is 146 Å². The van der Waals surface area contributed by atoms with Crippen molar-refractivity contribution in [3.05, 3.63) is 188 Å². The fourth-order valence-electron chi connectivity index (χ4n) is 6.93. The summed E-state index contributed by atoms with van der Waals surface area (Å²) < 4.78 is 2.64. The van der Waals surface area contributed by atoms with E-state index in [1.807, 2.05) is 11.3 Å². The minimum absolute atomic E-state index is 1.12. The van der Waals surface area contributed by atoms with Gasteiger partial charge in [0.1, 0.15) is 0 Å². The lowest BCUT2D eigenvalue weighted by Gasteiger charge is -2.28. The first-order valence-corrected chi connectivity index (χ1v) is 17.2. The van der Waals surface area contributed by atoms with Gasteiger partial charge in [0.25, 0.3) is 0 Å².